The molecule has 1 aliphatic rings. The predicted molar refractivity (Wildman–Crippen MR) is 33.7 cm³/mol. The zero-order valence-corrected chi connectivity index (χ0v) is 5.45. The molecule has 1 fully saturated rings. The summed E-state index contributed by atoms with van der Waals surface area (Å²) in [5, 5.41) is 17.8. The van der Waals surface area contributed by atoms with Crippen LogP contribution in [-0.4, -0.2) is 33.4 Å². The van der Waals surface area contributed by atoms with E-state index in [0.717, 1.165) is 0 Å². The minimum Gasteiger partial charge on any atom is -0.358 e. The van der Waals surface area contributed by atoms with Crippen LogP contribution in [0.5, 0.6) is 0 Å². The zero-order valence-electron chi connectivity index (χ0n) is 5.45. The van der Waals surface area contributed by atoms with E-state index in [0.29, 0.717) is 6.54 Å². The van der Waals surface area contributed by atoms with E-state index < -0.39 is 11.7 Å². The molecule has 4 heteroatoms. The molecule has 1 heterocycles. The smallest absolute Gasteiger partial charge is 0.286 e. The molecule has 0 spiro atoms. The van der Waals surface area contributed by atoms with E-state index in [1.54, 1.807) is 0 Å². The Kier molecular flexibility index (Phi) is 1.50. The zero-order chi connectivity index (χ0) is 7.78. The molecule has 0 radical (unpaired) electrons. The first-order chi connectivity index (χ1) is 4.58. The van der Waals surface area contributed by atoms with Crippen LogP contribution in [0.1, 0.15) is 6.42 Å². The van der Waals surface area contributed by atoms with Crippen molar-refractivity contribution in [2.24, 2.45) is 0 Å². The average Bonchev–Trinajstić information content (AvgIpc) is 2.10. The van der Waals surface area contributed by atoms with Crippen LogP contribution in [0.3, 0.4) is 0 Å². The minimum atomic E-state index is -2.16. The van der Waals surface area contributed by atoms with Crippen molar-refractivity contribution in [2.45, 2.75) is 12.2 Å². The van der Waals surface area contributed by atoms with E-state index >= 15 is 0 Å². The Morgan fingerprint density at radius 2 is 2.30 bits per heavy atom. The average molecular weight is 143 g/mol. The lowest BCUT2D eigenvalue weighted by Gasteiger charge is -2.12. The summed E-state index contributed by atoms with van der Waals surface area (Å²) in [6, 6.07) is 0. The van der Waals surface area contributed by atoms with Crippen LogP contribution < -0.4 is 0 Å². The lowest BCUT2D eigenvalue weighted by Crippen LogP contribution is -2.37. The summed E-state index contributed by atoms with van der Waals surface area (Å²) in [6.07, 6.45) is 1.34. The molecule has 0 atom stereocenters. The third-order valence-corrected chi connectivity index (χ3v) is 1.53. The maximum atomic E-state index is 10.8. The number of amides is 1. The van der Waals surface area contributed by atoms with E-state index in [4.69, 9.17) is 10.2 Å². The normalized spacial score (nSPS) is 23.4. The lowest BCUT2D eigenvalue weighted by molar-refractivity contribution is -0.180. The number of hydrogen-bond donors (Lipinski definition) is 2. The molecule has 4 nitrogen and oxygen atoms in total. The molecular formula is C6H9NO3. The van der Waals surface area contributed by atoms with Gasteiger partial charge in [-0.3, -0.25) is 4.79 Å². The molecule has 0 aliphatic carbocycles. The van der Waals surface area contributed by atoms with Crippen molar-refractivity contribution in [2.75, 3.05) is 6.54 Å². The molecule has 0 saturated carbocycles. The molecule has 0 unspecified atom stereocenters. The van der Waals surface area contributed by atoms with Crippen molar-refractivity contribution in [1.82, 2.24) is 4.90 Å². The Morgan fingerprint density at radius 1 is 1.70 bits per heavy atom. The van der Waals surface area contributed by atoms with E-state index in [-0.39, 0.29) is 6.42 Å². The van der Waals surface area contributed by atoms with Crippen LogP contribution in [-0.2, 0) is 4.79 Å². The van der Waals surface area contributed by atoms with E-state index in [2.05, 4.69) is 6.58 Å². The fourth-order valence-electron chi connectivity index (χ4n) is 0.889. The predicted octanol–water partition coefficient (Wildman–Crippen LogP) is -0.957. The molecule has 56 valence electrons. The highest BCUT2D eigenvalue weighted by Crippen LogP contribution is 2.19. The van der Waals surface area contributed by atoms with Gasteiger partial charge in [-0.25, -0.2) is 0 Å². The second-order valence-corrected chi connectivity index (χ2v) is 2.25. The fraction of sp³-hybridized carbons (Fsp3) is 0.500. The Balaban J connectivity index is 2.76. The van der Waals surface area contributed by atoms with Gasteiger partial charge in [-0.2, -0.15) is 0 Å². The van der Waals surface area contributed by atoms with Crippen LogP contribution in [0.15, 0.2) is 12.8 Å². The molecule has 2 N–H and O–H groups in total. The van der Waals surface area contributed by atoms with Gasteiger partial charge in [0.25, 0.3) is 5.91 Å². The Labute approximate surface area is 58.4 Å². The van der Waals surface area contributed by atoms with Gasteiger partial charge in [0.05, 0.1) is 0 Å². The van der Waals surface area contributed by atoms with Gasteiger partial charge < -0.3 is 15.1 Å². The maximum Gasteiger partial charge on any atom is 0.286 e. The number of carbonyl (C=O) groups is 1. The minimum absolute atomic E-state index is 0.0534. The molecule has 0 aromatic heterocycles. The van der Waals surface area contributed by atoms with Crippen LogP contribution >= 0.6 is 0 Å². The summed E-state index contributed by atoms with van der Waals surface area (Å²) in [7, 11) is 0. The van der Waals surface area contributed by atoms with Gasteiger partial charge in [0.1, 0.15) is 0 Å². The van der Waals surface area contributed by atoms with Crippen LogP contribution in [0.2, 0.25) is 0 Å². The van der Waals surface area contributed by atoms with Gasteiger partial charge in [0.15, 0.2) is 0 Å². The molecule has 1 rings (SSSR count). The van der Waals surface area contributed by atoms with Gasteiger partial charge in [-0.15, -0.1) is 0 Å². The van der Waals surface area contributed by atoms with Gasteiger partial charge in [0.2, 0.25) is 5.79 Å². The first-order valence-electron chi connectivity index (χ1n) is 2.96. The van der Waals surface area contributed by atoms with E-state index in [1.807, 2.05) is 0 Å². The molecular weight excluding hydrogens is 134 g/mol. The first-order valence-corrected chi connectivity index (χ1v) is 2.96. The van der Waals surface area contributed by atoms with Crippen LogP contribution in [0, 0.1) is 0 Å². The third kappa shape index (κ3) is 0.913. The monoisotopic (exact) mass is 143 g/mol. The Morgan fingerprint density at radius 3 is 2.50 bits per heavy atom. The second kappa shape index (κ2) is 2.07. The number of nitrogens with zero attached hydrogens (tertiary/aromatic N) is 1. The fourth-order valence-corrected chi connectivity index (χ4v) is 0.889. The Hall–Kier alpha value is -0.870. The number of carbonyl (C=O) groups excluding carboxylic acids is 1. The molecule has 0 aromatic rings. The quantitative estimate of drug-likeness (QED) is 0.465. The Bertz CT molecular complexity index is 176. The highest BCUT2D eigenvalue weighted by molar-refractivity contribution is 5.86. The first kappa shape index (κ1) is 7.24. The molecule has 0 aromatic carbocycles. The van der Waals surface area contributed by atoms with Crippen LogP contribution in [0.25, 0.3) is 0 Å². The number of likely N-dealkylation sites (tertiary alicyclic amines) is 1. The van der Waals surface area contributed by atoms with Crippen molar-refractivity contribution in [3.63, 3.8) is 0 Å². The van der Waals surface area contributed by atoms with Crippen molar-refractivity contribution in [3.8, 4) is 0 Å². The summed E-state index contributed by atoms with van der Waals surface area (Å²) in [4.78, 5) is 12.0. The molecule has 10 heavy (non-hydrogen) atoms. The second-order valence-electron chi connectivity index (χ2n) is 2.25. The summed E-state index contributed by atoms with van der Waals surface area (Å²) in [5.74, 6) is -2.85. The van der Waals surface area contributed by atoms with Gasteiger partial charge >= 0.3 is 0 Å². The lowest BCUT2D eigenvalue weighted by atomic mass is 10.2. The number of aliphatic hydroxyl groups is 2. The third-order valence-electron chi connectivity index (χ3n) is 1.53. The van der Waals surface area contributed by atoms with Crippen molar-refractivity contribution in [3.05, 3.63) is 12.8 Å². The highest BCUT2D eigenvalue weighted by atomic mass is 16.5. The van der Waals surface area contributed by atoms with Crippen LogP contribution in [0.4, 0.5) is 0 Å². The summed E-state index contributed by atoms with van der Waals surface area (Å²) >= 11 is 0. The van der Waals surface area contributed by atoms with Crippen molar-refractivity contribution in [1.29, 1.82) is 0 Å². The molecule has 1 saturated heterocycles. The summed E-state index contributed by atoms with van der Waals surface area (Å²) < 4.78 is 0. The summed E-state index contributed by atoms with van der Waals surface area (Å²) in [6.45, 7) is 3.67. The summed E-state index contributed by atoms with van der Waals surface area (Å²) in [5.41, 5.74) is 0. The molecule has 0 bridgehead atoms. The number of rotatable bonds is 1. The van der Waals surface area contributed by atoms with Gasteiger partial charge in [-0.1, -0.05) is 6.58 Å². The molecule has 1 aliphatic heterocycles. The van der Waals surface area contributed by atoms with Crippen molar-refractivity contribution < 1.29 is 15.0 Å². The van der Waals surface area contributed by atoms with E-state index in [1.165, 1.54) is 11.1 Å². The van der Waals surface area contributed by atoms with Gasteiger partial charge in [-0.05, 0) is 6.20 Å². The molecule has 1 amide bonds. The standard InChI is InChI=1S/C6H9NO3/c1-2-7-4-3-6(9,10)5(7)8/h2,9-10H,1,3-4H2. The maximum absolute atomic E-state index is 10.8. The van der Waals surface area contributed by atoms with E-state index in [9.17, 15) is 4.79 Å². The largest absolute Gasteiger partial charge is 0.358 e. The number of hydrogen-bond acceptors (Lipinski definition) is 3. The van der Waals surface area contributed by atoms with Gasteiger partial charge in [0, 0.05) is 13.0 Å². The highest BCUT2D eigenvalue weighted by Gasteiger charge is 2.42. The topological polar surface area (TPSA) is 60.8 Å². The van der Waals surface area contributed by atoms with Crippen molar-refractivity contribution >= 4 is 5.91 Å². The SMILES string of the molecule is C=CN1CCC(O)(O)C1=O.